The van der Waals surface area contributed by atoms with Crippen LogP contribution in [0.1, 0.15) is 90.0 Å². The minimum absolute atomic E-state index is 0.362. The first kappa shape index (κ1) is 29.4. The molecule has 2 aliphatic heterocycles. The fraction of sp³-hybridized carbons (Fsp3) is 0.500. The molecule has 44 heavy (non-hydrogen) atoms. The highest BCUT2D eigenvalue weighted by molar-refractivity contribution is 5.93. The van der Waals surface area contributed by atoms with Crippen LogP contribution in [0.5, 0.6) is 5.75 Å². The first-order valence-electron chi connectivity index (χ1n) is 16.7. The number of carbonyl (C=O) groups excluding carboxylic acids is 1. The Morgan fingerprint density at radius 1 is 0.955 bits per heavy atom. The number of amides is 1. The number of ether oxygens (including phenoxy) is 1. The van der Waals surface area contributed by atoms with Crippen LogP contribution >= 0.6 is 0 Å². The van der Waals surface area contributed by atoms with E-state index in [0.29, 0.717) is 34.9 Å². The third-order valence-electron chi connectivity index (χ3n) is 11.4. The second-order valence-electron chi connectivity index (χ2n) is 14.2. The molecule has 2 N–H and O–H groups in total. The maximum absolute atomic E-state index is 11.5. The summed E-state index contributed by atoms with van der Waals surface area (Å²) in [5.41, 5.74) is 13.7. The molecule has 3 fully saturated rings. The molecule has 2 heterocycles. The molecule has 0 aromatic heterocycles. The van der Waals surface area contributed by atoms with E-state index < -0.39 is 0 Å². The number of piperazine rings is 1. The summed E-state index contributed by atoms with van der Waals surface area (Å²) >= 11 is 0. The minimum atomic E-state index is -0.362. The van der Waals surface area contributed by atoms with Gasteiger partial charge >= 0.3 is 0 Å². The van der Waals surface area contributed by atoms with Crippen molar-refractivity contribution in [2.24, 2.45) is 11.1 Å². The molecule has 1 spiro atoms. The third kappa shape index (κ3) is 5.52. The molecule has 2 atom stereocenters. The Morgan fingerprint density at radius 3 is 2.41 bits per heavy atom. The SMILES string of the molecule is COc1ccc2c(c1)C(CN1CCN(C3CC4(CCN(c5ccc(C(N)=O)cc5)CC4)C3)[C@H](c3ccccc3C(C)C)C1)C2. The van der Waals surface area contributed by atoms with Gasteiger partial charge < -0.3 is 15.4 Å². The molecule has 232 valence electrons. The van der Waals surface area contributed by atoms with Crippen molar-refractivity contribution < 1.29 is 9.53 Å². The summed E-state index contributed by atoms with van der Waals surface area (Å²) in [4.78, 5) is 19.6. The van der Waals surface area contributed by atoms with Crippen LogP contribution in [0.3, 0.4) is 0 Å². The fourth-order valence-electron chi connectivity index (χ4n) is 8.72. The van der Waals surface area contributed by atoms with Crippen molar-refractivity contribution in [1.82, 2.24) is 9.80 Å². The zero-order valence-corrected chi connectivity index (χ0v) is 26.7. The normalized spacial score (nSPS) is 23.7. The molecule has 1 saturated carbocycles. The van der Waals surface area contributed by atoms with E-state index in [-0.39, 0.29) is 5.91 Å². The van der Waals surface area contributed by atoms with Gasteiger partial charge in [0.2, 0.25) is 5.91 Å². The molecule has 3 aromatic carbocycles. The van der Waals surface area contributed by atoms with E-state index in [2.05, 4.69) is 83.1 Å². The number of hydrogen-bond acceptors (Lipinski definition) is 5. The molecule has 3 aromatic rings. The molecule has 1 amide bonds. The van der Waals surface area contributed by atoms with Gasteiger partial charge in [0.05, 0.1) is 7.11 Å². The summed E-state index contributed by atoms with van der Waals surface area (Å²) in [6.45, 7) is 11.4. The minimum Gasteiger partial charge on any atom is -0.497 e. The van der Waals surface area contributed by atoms with Gasteiger partial charge in [-0.15, -0.1) is 0 Å². The summed E-state index contributed by atoms with van der Waals surface area (Å²) in [5, 5.41) is 0. The van der Waals surface area contributed by atoms with E-state index in [0.717, 1.165) is 45.0 Å². The molecular weight excluding hydrogens is 544 g/mol. The quantitative estimate of drug-likeness (QED) is 0.330. The number of hydrogen-bond donors (Lipinski definition) is 1. The molecule has 1 unspecified atom stereocenters. The summed E-state index contributed by atoms with van der Waals surface area (Å²) < 4.78 is 5.54. The number of rotatable bonds is 8. The Kier molecular flexibility index (Phi) is 7.92. The van der Waals surface area contributed by atoms with Crippen molar-refractivity contribution in [1.29, 1.82) is 0 Å². The van der Waals surface area contributed by atoms with Gasteiger partial charge in [0.15, 0.2) is 0 Å². The standard InChI is InChI=1S/C38H48N4O2/c1-26(2)33-6-4-5-7-34(33)36-25-40(24-29-20-28-10-13-32(44-3)21-35(28)29)18-19-42(36)31-22-38(23-31)14-16-41(17-15-38)30-11-8-27(9-12-30)37(39)43/h4-13,21,26,29,31,36H,14-20,22-25H2,1-3H3,(H2,39,43)/t29?,36-/m0/s1. The summed E-state index contributed by atoms with van der Waals surface area (Å²) in [7, 11) is 1.77. The lowest BCUT2D eigenvalue weighted by Crippen LogP contribution is -2.60. The molecule has 0 radical (unpaired) electrons. The molecule has 4 aliphatic rings. The van der Waals surface area contributed by atoms with Gasteiger partial charge in [0.25, 0.3) is 0 Å². The van der Waals surface area contributed by atoms with Crippen LogP contribution in [-0.4, -0.2) is 68.1 Å². The van der Waals surface area contributed by atoms with Gasteiger partial charge in [-0.25, -0.2) is 0 Å². The maximum Gasteiger partial charge on any atom is 0.248 e. The van der Waals surface area contributed by atoms with Crippen LogP contribution in [0.25, 0.3) is 0 Å². The molecule has 6 nitrogen and oxygen atoms in total. The van der Waals surface area contributed by atoms with Crippen molar-refractivity contribution >= 4 is 11.6 Å². The Morgan fingerprint density at radius 2 is 1.70 bits per heavy atom. The van der Waals surface area contributed by atoms with Crippen molar-refractivity contribution in [2.45, 2.75) is 69.9 Å². The summed E-state index contributed by atoms with van der Waals surface area (Å²) in [6, 6.07) is 24.8. The van der Waals surface area contributed by atoms with Crippen LogP contribution in [0, 0.1) is 5.41 Å². The van der Waals surface area contributed by atoms with Crippen LogP contribution < -0.4 is 15.4 Å². The molecule has 6 heteroatoms. The highest BCUT2D eigenvalue weighted by Gasteiger charge is 2.50. The lowest BCUT2D eigenvalue weighted by molar-refractivity contribution is -0.0625. The van der Waals surface area contributed by atoms with E-state index >= 15 is 0 Å². The average Bonchev–Trinajstić information content (AvgIpc) is 3.02. The number of nitrogens with two attached hydrogens (primary N) is 1. The maximum atomic E-state index is 11.5. The smallest absolute Gasteiger partial charge is 0.248 e. The molecular formula is C38H48N4O2. The van der Waals surface area contributed by atoms with E-state index in [1.54, 1.807) is 7.11 Å². The van der Waals surface area contributed by atoms with Crippen molar-refractivity contribution in [3.05, 3.63) is 94.5 Å². The van der Waals surface area contributed by atoms with E-state index in [4.69, 9.17) is 10.5 Å². The zero-order valence-electron chi connectivity index (χ0n) is 26.7. The third-order valence-corrected chi connectivity index (χ3v) is 11.4. The number of methoxy groups -OCH3 is 1. The molecule has 2 aliphatic carbocycles. The lowest BCUT2D eigenvalue weighted by Gasteiger charge is -2.58. The number of primary amides is 1. The highest BCUT2D eigenvalue weighted by atomic mass is 16.5. The Labute approximate surface area is 263 Å². The van der Waals surface area contributed by atoms with Gasteiger partial charge in [-0.1, -0.05) is 44.2 Å². The second-order valence-corrected chi connectivity index (χ2v) is 14.2. The van der Waals surface area contributed by atoms with E-state index in [1.165, 1.54) is 60.0 Å². The highest BCUT2D eigenvalue weighted by Crippen LogP contribution is 2.53. The number of piperidine rings is 1. The first-order chi connectivity index (χ1) is 21.3. The van der Waals surface area contributed by atoms with Crippen molar-refractivity contribution in [2.75, 3.05) is 51.3 Å². The predicted molar refractivity (Wildman–Crippen MR) is 178 cm³/mol. The zero-order chi connectivity index (χ0) is 30.4. The van der Waals surface area contributed by atoms with Gasteiger partial charge in [-0.2, -0.15) is 0 Å². The van der Waals surface area contributed by atoms with Crippen LogP contribution in [0.15, 0.2) is 66.7 Å². The first-order valence-corrected chi connectivity index (χ1v) is 16.7. The Hall–Kier alpha value is -3.35. The number of benzene rings is 3. The predicted octanol–water partition coefficient (Wildman–Crippen LogP) is 6.37. The summed E-state index contributed by atoms with van der Waals surface area (Å²) in [6.07, 6.45) is 6.32. The molecule has 0 bridgehead atoms. The Balaban J connectivity index is 1.03. The largest absolute Gasteiger partial charge is 0.497 e. The number of anilines is 1. The van der Waals surface area contributed by atoms with Crippen LogP contribution in [0.2, 0.25) is 0 Å². The molecule has 7 rings (SSSR count). The van der Waals surface area contributed by atoms with Gasteiger partial charge in [0, 0.05) is 68.5 Å². The molecule has 2 saturated heterocycles. The lowest BCUT2D eigenvalue weighted by atomic mass is 9.59. The summed E-state index contributed by atoms with van der Waals surface area (Å²) in [5.74, 6) is 1.74. The second kappa shape index (κ2) is 11.9. The van der Waals surface area contributed by atoms with Crippen LogP contribution in [-0.2, 0) is 6.42 Å². The fourth-order valence-corrected chi connectivity index (χ4v) is 8.72. The Bertz CT molecular complexity index is 1480. The van der Waals surface area contributed by atoms with Crippen molar-refractivity contribution in [3.8, 4) is 5.75 Å². The number of carbonyl (C=O) groups is 1. The van der Waals surface area contributed by atoms with E-state index in [9.17, 15) is 4.79 Å². The van der Waals surface area contributed by atoms with Crippen molar-refractivity contribution in [3.63, 3.8) is 0 Å². The van der Waals surface area contributed by atoms with Gasteiger partial charge in [0.1, 0.15) is 5.75 Å². The van der Waals surface area contributed by atoms with Gasteiger partial charge in [-0.3, -0.25) is 14.6 Å². The topological polar surface area (TPSA) is 62.0 Å². The number of fused-ring (bicyclic) bond motifs is 1. The van der Waals surface area contributed by atoms with Gasteiger partial charge in [-0.05, 0) is 102 Å². The average molecular weight is 593 g/mol. The number of nitrogens with zero attached hydrogens (tertiary/aromatic N) is 3. The van der Waals surface area contributed by atoms with Crippen LogP contribution in [0.4, 0.5) is 5.69 Å². The monoisotopic (exact) mass is 592 g/mol. The van der Waals surface area contributed by atoms with E-state index in [1.807, 2.05) is 12.1 Å².